The third-order valence-electron chi connectivity index (χ3n) is 6.63. The normalized spacial score (nSPS) is 21.2. The van der Waals surface area contributed by atoms with Gasteiger partial charge in [0.05, 0.1) is 12.2 Å². The summed E-state index contributed by atoms with van der Waals surface area (Å²) in [4.78, 5) is 12.4. The summed E-state index contributed by atoms with van der Waals surface area (Å²) >= 11 is 0. The average Bonchev–Trinajstić information content (AvgIpc) is 3.07. The van der Waals surface area contributed by atoms with Gasteiger partial charge in [0.1, 0.15) is 0 Å². The molecule has 1 heterocycles. The predicted octanol–water partition coefficient (Wildman–Crippen LogP) is 5.05. The van der Waals surface area contributed by atoms with Crippen molar-refractivity contribution in [3.05, 3.63) is 96.6 Å². The lowest BCUT2D eigenvalue weighted by atomic mass is 9.81. The van der Waals surface area contributed by atoms with Crippen LogP contribution in [0.25, 0.3) is 0 Å². The van der Waals surface area contributed by atoms with Crippen LogP contribution in [0.2, 0.25) is 5.54 Å². The van der Waals surface area contributed by atoms with Gasteiger partial charge in [-0.25, -0.2) is 0 Å². The summed E-state index contributed by atoms with van der Waals surface area (Å²) in [6, 6.07) is 32.0. The third-order valence-corrected chi connectivity index (χ3v) is 11.5. The summed E-state index contributed by atoms with van der Waals surface area (Å²) in [6.45, 7) is 6.69. The van der Waals surface area contributed by atoms with Crippen molar-refractivity contribution in [1.82, 2.24) is 0 Å². The first-order valence-corrected chi connectivity index (χ1v) is 13.5. The first kappa shape index (κ1) is 22.5. The van der Waals surface area contributed by atoms with E-state index in [1.165, 1.54) is 15.9 Å². The Morgan fingerprint density at radius 2 is 1.38 bits per heavy atom. The molecule has 0 saturated carbocycles. The van der Waals surface area contributed by atoms with Crippen LogP contribution >= 0.6 is 0 Å². The van der Waals surface area contributed by atoms with E-state index < -0.39 is 8.32 Å². The first-order chi connectivity index (χ1) is 15.5. The van der Waals surface area contributed by atoms with Gasteiger partial charge < -0.3 is 9.16 Å². The minimum Gasteiger partial charge on any atom is -0.466 e. The molecule has 1 aliphatic rings. The maximum Gasteiger partial charge on any atom is 0.305 e. The van der Waals surface area contributed by atoms with Gasteiger partial charge in [-0.15, -0.1) is 0 Å². The number of esters is 1. The van der Waals surface area contributed by atoms with Crippen molar-refractivity contribution < 1.29 is 14.0 Å². The van der Waals surface area contributed by atoms with Crippen molar-refractivity contribution in [2.75, 3.05) is 6.61 Å². The molecule has 4 rings (SSSR count). The van der Waals surface area contributed by atoms with Crippen molar-refractivity contribution in [2.45, 2.75) is 50.7 Å². The molecule has 3 nitrogen and oxygen atoms in total. The van der Waals surface area contributed by atoms with Crippen LogP contribution in [-0.4, -0.2) is 26.5 Å². The van der Waals surface area contributed by atoms with Gasteiger partial charge in [-0.3, -0.25) is 4.79 Å². The van der Waals surface area contributed by atoms with Crippen molar-refractivity contribution in [2.24, 2.45) is 0 Å². The lowest BCUT2D eigenvalue weighted by Gasteiger charge is -2.34. The van der Waals surface area contributed by atoms with E-state index >= 15 is 0 Å². The molecule has 0 bridgehead atoms. The Morgan fingerprint density at radius 1 is 0.875 bits per heavy atom. The number of hydrogen-bond acceptors (Lipinski definition) is 3. The van der Waals surface area contributed by atoms with Gasteiger partial charge in [-0.1, -0.05) is 91.0 Å². The van der Waals surface area contributed by atoms with Crippen LogP contribution in [-0.2, 0) is 14.0 Å². The van der Waals surface area contributed by atoms with Crippen LogP contribution in [0.15, 0.2) is 91.0 Å². The smallest absolute Gasteiger partial charge is 0.305 e. The van der Waals surface area contributed by atoms with Gasteiger partial charge in [0.15, 0.2) is 0 Å². The fourth-order valence-corrected chi connectivity index (χ4v) is 11.1. The highest BCUT2D eigenvalue weighted by atomic mass is 28.4. The summed E-state index contributed by atoms with van der Waals surface area (Å²) in [5.41, 5.74) is 1.08. The zero-order valence-corrected chi connectivity index (χ0v) is 20.2. The van der Waals surface area contributed by atoms with Gasteiger partial charge in [0.2, 0.25) is 0 Å². The summed E-state index contributed by atoms with van der Waals surface area (Å²) in [5.74, 6) is 0.0400. The van der Waals surface area contributed by atoms with Gasteiger partial charge in [-0.05, 0) is 48.7 Å². The van der Waals surface area contributed by atoms with E-state index in [1.54, 1.807) is 0 Å². The van der Waals surface area contributed by atoms with Crippen LogP contribution in [0, 0.1) is 0 Å². The number of carbonyl (C=O) groups is 1. The molecular formula is C28H32O3Si. The second kappa shape index (κ2) is 9.43. The van der Waals surface area contributed by atoms with Gasteiger partial charge in [0.25, 0.3) is 8.32 Å². The Labute approximate surface area is 192 Å². The SMILES string of the molecule is CCOC(=O)CC[C@@H]1[C@@H](c2ccccc2)C(C)(C)O[Si]1(c1ccccc1)c1ccccc1. The second-order valence-corrected chi connectivity index (χ2v) is 12.6. The highest BCUT2D eigenvalue weighted by molar-refractivity contribution is 6.99. The summed E-state index contributed by atoms with van der Waals surface area (Å²) in [6.07, 6.45) is 1.13. The minimum absolute atomic E-state index is 0.131. The molecule has 166 valence electrons. The summed E-state index contributed by atoms with van der Waals surface area (Å²) in [7, 11) is -2.69. The molecule has 1 fully saturated rings. The molecule has 0 radical (unpaired) electrons. The van der Waals surface area contributed by atoms with Crippen LogP contribution in [0.3, 0.4) is 0 Å². The van der Waals surface area contributed by atoms with Gasteiger partial charge in [0, 0.05) is 12.3 Å². The number of carbonyl (C=O) groups excluding carboxylic acids is 1. The molecule has 1 saturated heterocycles. The van der Waals surface area contributed by atoms with Crippen LogP contribution < -0.4 is 10.4 Å². The highest BCUT2D eigenvalue weighted by Gasteiger charge is 2.62. The second-order valence-electron chi connectivity index (χ2n) is 9.01. The predicted molar refractivity (Wildman–Crippen MR) is 132 cm³/mol. The molecule has 32 heavy (non-hydrogen) atoms. The maximum absolute atomic E-state index is 12.4. The Morgan fingerprint density at radius 3 is 1.88 bits per heavy atom. The molecule has 0 aromatic heterocycles. The van der Waals surface area contributed by atoms with E-state index in [-0.39, 0.29) is 23.0 Å². The fourth-order valence-electron chi connectivity index (χ4n) is 5.53. The van der Waals surface area contributed by atoms with Crippen molar-refractivity contribution in [1.29, 1.82) is 0 Å². The number of hydrogen-bond donors (Lipinski definition) is 0. The van der Waals surface area contributed by atoms with Gasteiger partial charge >= 0.3 is 5.97 Å². The molecule has 1 aliphatic heterocycles. The highest BCUT2D eigenvalue weighted by Crippen LogP contribution is 2.55. The van der Waals surface area contributed by atoms with E-state index in [2.05, 4.69) is 105 Å². The lowest BCUT2D eigenvalue weighted by Crippen LogP contribution is -2.62. The van der Waals surface area contributed by atoms with E-state index in [0.717, 1.165) is 6.42 Å². The average molecular weight is 445 g/mol. The van der Waals surface area contributed by atoms with E-state index in [0.29, 0.717) is 13.0 Å². The molecule has 0 aliphatic carbocycles. The number of benzene rings is 3. The lowest BCUT2D eigenvalue weighted by molar-refractivity contribution is -0.143. The molecule has 0 N–H and O–H groups in total. The third kappa shape index (κ3) is 4.17. The van der Waals surface area contributed by atoms with Gasteiger partial charge in [-0.2, -0.15) is 0 Å². The first-order valence-electron chi connectivity index (χ1n) is 11.5. The Balaban J connectivity index is 1.90. The van der Waals surface area contributed by atoms with E-state index in [4.69, 9.17) is 9.16 Å². The standard InChI is InChI=1S/C28H32O3Si/c1-4-30-26(29)21-20-25-27(22-14-8-5-9-15-22)28(2,3)31-32(25,23-16-10-6-11-17-23)24-18-12-7-13-19-24/h5-19,25,27H,4,20-21H2,1-3H3/t25-,27-/m1/s1. The summed E-state index contributed by atoms with van der Waals surface area (Å²) in [5, 5.41) is 2.51. The molecule has 3 aromatic carbocycles. The molecular weight excluding hydrogens is 412 g/mol. The van der Waals surface area contributed by atoms with Crippen molar-refractivity contribution >= 4 is 24.7 Å². The Bertz CT molecular complexity index is 979. The zero-order chi connectivity index (χ0) is 22.6. The number of ether oxygens (including phenoxy) is 1. The topological polar surface area (TPSA) is 35.5 Å². The largest absolute Gasteiger partial charge is 0.466 e. The van der Waals surface area contributed by atoms with Crippen molar-refractivity contribution in [3.63, 3.8) is 0 Å². The molecule has 0 spiro atoms. The zero-order valence-electron chi connectivity index (χ0n) is 19.2. The Kier molecular flexibility index (Phi) is 6.63. The quantitative estimate of drug-likeness (QED) is 0.378. The van der Waals surface area contributed by atoms with Crippen molar-refractivity contribution in [3.8, 4) is 0 Å². The summed E-state index contributed by atoms with van der Waals surface area (Å²) < 4.78 is 12.6. The monoisotopic (exact) mass is 444 g/mol. The van der Waals surface area contributed by atoms with E-state index in [9.17, 15) is 4.79 Å². The fraction of sp³-hybridized carbons (Fsp3) is 0.321. The molecule has 0 amide bonds. The van der Waals surface area contributed by atoms with E-state index in [1.807, 2.05) is 6.92 Å². The van der Waals surface area contributed by atoms with Crippen LogP contribution in [0.5, 0.6) is 0 Å². The number of rotatable bonds is 7. The molecule has 4 heteroatoms. The molecule has 2 atom stereocenters. The molecule has 0 unspecified atom stereocenters. The minimum atomic E-state index is -2.69. The molecule has 3 aromatic rings. The maximum atomic E-state index is 12.4. The van der Waals surface area contributed by atoms with Crippen LogP contribution in [0.4, 0.5) is 0 Å². The van der Waals surface area contributed by atoms with Crippen LogP contribution in [0.1, 0.15) is 45.1 Å². The Hall–Kier alpha value is -2.69.